The number of carbonyl (C=O) groups excluding carboxylic acids is 2. The lowest BCUT2D eigenvalue weighted by Gasteiger charge is -2.31. The van der Waals surface area contributed by atoms with Crippen molar-refractivity contribution in [2.45, 2.75) is 77.9 Å². The standard InChI is InChI=1S/C28H38N4O6/c1-20-8-11-23(36-20)19-31-15-14-22(18-31)32(27(34)37-28(2,3)4)24-12-9-21(17-29-24)10-13-25(33)30-38-26-7-5-6-16-35-26/h8-13,17,22,26H,5-7,14-16,18-19H2,1-4H3,(H,30,33)/b13-10+/t22-,26?/m1/s1. The molecular weight excluding hydrogens is 488 g/mol. The van der Waals surface area contributed by atoms with Crippen molar-refractivity contribution in [3.63, 3.8) is 0 Å². The van der Waals surface area contributed by atoms with Crippen LogP contribution in [0.1, 0.15) is 63.5 Å². The minimum atomic E-state index is -0.639. The highest BCUT2D eigenvalue weighted by Gasteiger charge is 2.35. The summed E-state index contributed by atoms with van der Waals surface area (Å²) in [6, 6.07) is 7.43. The molecule has 1 unspecified atom stereocenters. The van der Waals surface area contributed by atoms with Gasteiger partial charge in [0.15, 0.2) is 6.29 Å². The third-order valence-corrected chi connectivity index (χ3v) is 6.25. The Morgan fingerprint density at radius 3 is 2.71 bits per heavy atom. The van der Waals surface area contributed by atoms with Crippen LogP contribution in [0, 0.1) is 6.92 Å². The average molecular weight is 527 g/mol. The molecule has 4 rings (SSSR count). The van der Waals surface area contributed by atoms with Crippen LogP contribution in [0.25, 0.3) is 6.08 Å². The first-order valence-electron chi connectivity index (χ1n) is 13.2. The SMILES string of the molecule is Cc1ccc(CN2CC[C@@H](N(C(=O)OC(C)(C)C)c3ccc(/C=C/C(=O)NOC4CCCCO4)cn3)C2)o1. The number of aromatic nitrogens is 1. The predicted octanol–water partition coefficient (Wildman–Crippen LogP) is 4.59. The van der Waals surface area contributed by atoms with Crippen LogP contribution in [-0.2, 0) is 25.7 Å². The molecule has 206 valence electrons. The van der Waals surface area contributed by atoms with E-state index in [1.807, 2.05) is 45.9 Å². The van der Waals surface area contributed by atoms with Crippen molar-refractivity contribution in [1.29, 1.82) is 0 Å². The molecule has 2 saturated heterocycles. The lowest BCUT2D eigenvalue weighted by molar-refractivity contribution is -0.198. The monoisotopic (exact) mass is 526 g/mol. The minimum Gasteiger partial charge on any atom is -0.465 e. The van der Waals surface area contributed by atoms with Gasteiger partial charge in [-0.3, -0.25) is 14.6 Å². The second-order valence-electron chi connectivity index (χ2n) is 10.7. The van der Waals surface area contributed by atoms with Crippen LogP contribution in [0.3, 0.4) is 0 Å². The minimum absolute atomic E-state index is 0.0975. The Balaban J connectivity index is 1.39. The number of hydrogen-bond acceptors (Lipinski definition) is 8. The molecule has 2 aromatic heterocycles. The summed E-state index contributed by atoms with van der Waals surface area (Å²) in [5.41, 5.74) is 2.47. The van der Waals surface area contributed by atoms with Gasteiger partial charge in [-0.25, -0.2) is 20.1 Å². The largest absolute Gasteiger partial charge is 0.465 e. The van der Waals surface area contributed by atoms with Crippen molar-refractivity contribution in [2.24, 2.45) is 0 Å². The van der Waals surface area contributed by atoms with Gasteiger partial charge in [0.05, 0.1) is 12.6 Å². The molecule has 2 amide bonds. The predicted molar refractivity (Wildman–Crippen MR) is 142 cm³/mol. The van der Waals surface area contributed by atoms with E-state index in [-0.39, 0.29) is 6.04 Å². The van der Waals surface area contributed by atoms with Crippen LogP contribution in [0.4, 0.5) is 10.6 Å². The van der Waals surface area contributed by atoms with Crippen molar-refractivity contribution in [3.05, 3.63) is 53.6 Å². The summed E-state index contributed by atoms with van der Waals surface area (Å²) in [6.45, 7) is 10.3. The Bertz CT molecular complexity index is 1100. The van der Waals surface area contributed by atoms with Gasteiger partial charge in [0.2, 0.25) is 0 Å². The van der Waals surface area contributed by atoms with E-state index in [0.717, 1.165) is 43.7 Å². The quantitative estimate of drug-likeness (QED) is 0.393. The fourth-order valence-electron chi connectivity index (χ4n) is 4.47. The molecule has 0 radical (unpaired) electrons. The van der Waals surface area contributed by atoms with Gasteiger partial charge < -0.3 is 13.9 Å². The lowest BCUT2D eigenvalue weighted by Crippen LogP contribution is -2.45. The van der Waals surface area contributed by atoms with Crippen LogP contribution in [0.5, 0.6) is 0 Å². The molecule has 0 saturated carbocycles. The smallest absolute Gasteiger partial charge is 0.416 e. The summed E-state index contributed by atoms with van der Waals surface area (Å²) in [5, 5.41) is 0. The second kappa shape index (κ2) is 12.6. The number of aryl methyl sites for hydroxylation is 1. The maximum Gasteiger partial charge on any atom is 0.416 e. The molecule has 2 aromatic rings. The van der Waals surface area contributed by atoms with Gasteiger partial charge >= 0.3 is 6.09 Å². The molecular formula is C28H38N4O6. The number of hydrogen-bond donors (Lipinski definition) is 1. The number of nitrogens with zero attached hydrogens (tertiary/aromatic N) is 3. The number of amides is 2. The number of anilines is 1. The number of carbonyl (C=O) groups is 2. The number of rotatable bonds is 8. The highest BCUT2D eigenvalue weighted by molar-refractivity contribution is 5.91. The lowest BCUT2D eigenvalue weighted by atomic mass is 10.2. The molecule has 2 aliphatic rings. The molecule has 0 spiro atoms. The van der Waals surface area contributed by atoms with E-state index in [1.54, 1.807) is 23.2 Å². The van der Waals surface area contributed by atoms with Crippen molar-refractivity contribution < 1.29 is 28.3 Å². The van der Waals surface area contributed by atoms with Gasteiger partial charge in [0.1, 0.15) is 22.9 Å². The van der Waals surface area contributed by atoms with Gasteiger partial charge in [0, 0.05) is 38.4 Å². The summed E-state index contributed by atoms with van der Waals surface area (Å²) < 4.78 is 16.9. The van der Waals surface area contributed by atoms with Crippen LogP contribution in [0.2, 0.25) is 0 Å². The summed E-state index contributed by atoms with van der Waals surface area (Å²) >= 11 is 0. The molecule has 4 heterocycles. The molecule has 2 atom stereocenters. The van der Waals surface area contributed by atoms with Crippen molar-refractivity contribution >= 4 is 23.9 Å². The van der Waals surface area contributed by atoms with E-state index in [0.29, 0.717) is 31.1 Å². The van der Waals surface area contributed by atoms with Gasteiger partial charge in [-0.2, -0.15) is 0 Å². The Labute approximate surface area is 223 Å². The van der Waals surface area contributed by atoms with Crippen LogP contribution in [-0.4, -0.2) is 59.5 Å². The fourth-order valence-corrected chi connectivity index (χ4v) is 4.47. The molecule has 0 aliphatic carbocycles. The zero-order valence-electron chi connectivity index (χ0n) is 22.6. The number of hydroxylamine groups is 1. The van der Waals surface area contributed by atoms with E-state index in [9.17, 15) is 9.59 Å². The number of ether oxygens (including phenoxy) is 2. The van der Waals surface area contributed by atoms with E-state index < -0.39 is 23.9 Å². The molecule has 2 aliphatic heterocycles. The summed E-state index contributed by atoms with van der Waals surface area (Å²) in [7, 11) is 0. The first-order valence-corrected chi connectivity index (χ1v) is 13.2. The molecule has 0 bridgehead atoms. The Morgan fingerprint density at radius 2 is 2.05 bits per heavy atom. The summed E-state index contributed by atoms with van der Waals surface area (Å²) in [4.78, 5) is 39.1. The topological polar surface area (TPSA) is 106 Å². The molecule has 1 N–H and O–H groups in total. The average Bonchev–Trinajstić information content (AvgIpc) is 3.50. The second-order valence-corrected chi connectivity index (χ2v) is 10.7. The van der Waals surface area contributed by atoms with E-state index in [4.69, 9.17) is 18.7 Å². The number of likely N-dealkylation sites (tertiary alicyclic amines) is 1. The van der Waals surface area contributed by atoms with Crippen LogP contribution in [0.15, 0.2) is 41.0 Å². The van der Waals surface area contributed by atoms with E-state index in [1.165, 1.54) is 6.08 Å². The molecule has 2 fully saturated rings. The number of nitrogens with one attached hydrogen (secondary N) is 1. The fraction of sp³-hybridized carbons (Fsp3) is 0.536. The normalized spacial score (nSPS) is 20.5. The first kappa shape index (κ1) is 27.8. The van der Waals surface area contributed by atoms with Gasteiger partial charge in [-0.1, -0.05) is 0 Å². The van der Waals surface area contributed by atoms with Crippen molar-refractivity contribution in [2.75, 3.05) is 24.6 Å². The van der Waals surface area contributed by atoms with Gasteiger partial charge in [-0.15, -0.1) is 0 Å². The molecule has 10 heteroatoms. The van der Waals surface area contributed by atoms with Crippen LogP contribution < -0.4 is 10.4 Å². The Morgan fingerprint density at radius 1 is 1.21 bits per heavy atom. The maximum atomic E-state index is 13.3. The van der Waals surface area contributed by atoms with Crippen molar-refractivity contribution in [1.82, 2.24) is 15.4 Å². The van der Waals surface area contributed by atoms with E-state index >= 15 is 0 Å². The summed E-state index contributed by atoms with van der Waals surface area (Å²) in [5.74, 6) is 1.89. The zero-order valence-corrected chi connectivity index (χ0v) is 22.6. The first-order chi connectivity index (χ1) is 18.2. The number of furan rings is 1. The molecule has 10 nitrogen and oxygen atoms in total. The van der Waals surface area contributed by atoms with E-state index in [2.05, 4.69) is 15.4 Å². The zero-order chi connectivity index (χ0) is 27.1. The molecule has 0 aromatic carbocycles. The third kappa shape index (κ3) is 8.14. The van der Waals surface area contributed by atoms with Gasteiger partial charge in [0.25, 0.3) is 5.91 Å². The Hall–Kier alpha value is -3.21. The Kier molecular flexibility index (Phi) is 9.19. The van der Waals surface area contributed by atoms with Gasteiger partial charge in [-0.05, 0) is 82.9 Å². The highest BCUT2D eigenvalue weighted by atomic mass is 16.8. The third-order valence-electron chi connectivity index (χ3n) is 6.25. The number of pyridine rings is 1. The van der Waals surface area contributed by atoms with Crippen LogP contribution >= 0.6 is 0 Å². The summed E-state index contributed by atoms with van der Waals surface area (Å²) in [6.07, 6.45) is 7.35. The highest BCUT2D eigenvalue weighted by Crippen LogP contribution is 2.26. The molecule has 38 heavy (non-hydrogen) atoms. The maximum absolute atomic E-state index is 13.3. The van der Waals surface area contributed by atoms with Crippen molar-refractivity contribution in [3.8, 4) is 0 Å².